The summed E-state index contributed by atoms with van der Waals surface area (Å²) in [7, 11) is 0. The van der Waals surface area contributed by atoms with Gasteiger partial charge in [0.05, 0.1) is 5.69 Å². The van der Waals surface area contributed by atoms with Gasteiger partial charge in [-0.05, 0) is 37.3 Å². The monoisotopic (exact) mass is 256 g/mol. The van der Waals surface area contributed by atoms with Crippen LogP contribution >= 0.6 is 11.5 Å². The lowest BCUT2D eigenvalue weighted by molar-refractivity contribution is 0.0705. The Labute approximate surface area is 106 Å². The van der Waals surface area contributed by atoms with Crippen LogP contribution in [-0.2, 0) is 0 Å². The number of nitrogens with zero attached hydrogens (tertiary/aromatic N) is 3. The lowest BCUT2D eigenvalue weighted by atomic mass is 9.93. The first-order valence-corrected chi connectivity index (χ1v) is 6.47. The molecule has 1 rings (SSSR count). The number of amides is 1. The lowest BCUT2D eigenvalue weighted by Crippen LogP contribution is -2.41. The topological polar surface area (TPSA) is 72.1 Å². The number of carbonyl (C=O) groups excluding carboxylic acids is 1. The van der Waals surface area contributed by atoms with Crippen LogP contribution in [-0.4, -0.2) is 40.0 Å². The minimum atomic E-state index is -0.0717. The fourth-order valence-corrected chi connectivity index (χ4v) is 2.10. The van der Waals surface area contributed by atoms with Crippen LogP contribution in [0.2, 0.25) is 0 Å². The zero-order valence-corrected chi connectivity index (χ0v) is 11.7. The maximum Gasteiger partial charge on any atom is 0.267 e. The molecule has 0 saturated carbocycles. The van der Waals surface area contributed by atoms with Gasteiger partial charge in [-0.15, -0.1) is 5.10 Å². The van der Waals surface area contributed by atoms with Crippen LogP contribution in [0.15, 0.2) is 0 Å². The van der Waals surface area contributed by atoms with Crippen LogP contribution in [0.3, 0.4) is 0 Å². The van der Waals surface area contributed by atoms with E-state index in [2.05, 4.69) is 23.4 Å². The molecule has 0 fully saturated rings. The second kappa shape index (κ2) is 5.55. The Kier molecular flexibility index (Phi) is 4.59. The normalized spacial score (nSPS) is 11.6. The van der Waals surface area contributed by atoms with E-state index in [1.165, 1.54) is 0 Å². The molecule has 17 heavy (non-hydrogen) atoms. The number of nitrogens with two attached hydrogens (primary N) is 1. The minimum absolute atomic E-state index is 0.00141. The van der Waals surface area contributed by atoms with Gasteiger partial charge in [0, 0.05) is 13.1 Å². The fraction of sp³-hybridized carbons (Fsp3) is 0.727. The molecule has 1 amide bonds. The van der Waals surface area contributed by atoms with Crippen molar-refractivity contribution in [2.75, 3.05) is 19.6 Å². The van der Waals surface area contributed by atoms with Gasteiger partial charge in [-0.1, -0.05) is 18.3 Å². The highest BCUT2D eigenvalue weighted by Crippen LogP contribution is 2.18. The quantitative estimate of drug-likeness (QED) is 0.861. The Hall–Kier alpha value is -1.01. The number of hydrogen-bond acceptors (Lipinski definition) is 5. The van der Waals surface area contributed by atoms with E-state index in [1.807, 2.05) is 6.92 Å². The van der Waals surface area contributed by atoms with Crippen molar-refractivity contribution in [3.8, 4) is 0 Å². The molecule has 5 nitrogen and oxygen atoms in total. The minimum Gasteiger partial charge on any atom is -0.338 e. The smallest absolute Gasteiger partial charge is 0.267 e. The van der Waals surface area contributed by atoms with Gasteiger partial charge in [0.15, 0.2) is 0 Å². The van der Waals surface area contributed by atoms with Gasteiger partial charge in [-0.2, -0.15) is 0 Å². The average Bonchev–Trinajstić information content (AvgIpc) is 2.71. The molecule has 1 aromatic rings. The lowest BCUT2D eigenvalue weighted by Gasteiger charge is -2.30. The Morgan fingerprint density at radius 2 is 2.18 bits per heavy atom. The van der Waals surface area contributed by atoms with Gasteiger partial charge < -0.3 is 10.6 Å². The van der Waals surface area contributed by atoms with Crippen LogP contribution < -0.4 is 5.73 Å². The van der Waals surface area contributed by atoms with E-state index in [9.17, 15) is 4.79 Å². The zero-order chi connectivity index (χ0) is 13.1. The molecule has 0 bridgehead atoms. The molecule has 0 spiro atoms. The SMILES string of the molecule is CCN(CC(C)(C)CN)C(=O)c1snnc1C. The van der Waals surface area contributed by atoms with Crippen molar-refractivity contribution in [3.63, 3.8) is 0 Å². The van der Waals surface area contributed by atoms with E-state index in [0.29, 0.717) is 30.2 Å². The summed E-state index contributed by atoms with van der Waals surface area (Å²) in [6, 6.07) is 0. The largest absolute Gasteiger partial charge is 0.338 e. The summed E-state index contributed by atoms with van der Waals surface area (Å²) in [6.45, 7) is 9.75. The van der Waals surface area contributed by atoms with Crippen molar-refractivity contribution in [2.45, 2.75) is 27.7 Å². The Morgan fingerprint density at radius 1 is 1.53 bits per heavy atom. The van der Waals surface area contributed by atoms with Gasteiger partial charge in [0.2, 0.25) is 0 Å². The van der Waals surface area contributed by atoms with E-state index in [4.69, 9.17) is 5.73 Å². The van der Waals surface area contributed by atoms with Crippen LogP contribution in [0.25, 0.3) is 0 Å². The third kappa shape index (κ3) is 3.47. The van der Waals surface area contributed by atoms with E-state index >= 15 is 0 Å². The Balaban J connectivity index is 2.82. The Bertz CT molecular complexity index is 389. The molecule has 0 aliphatic carbocycles. The summed E-state index contributed by atoms with van der Waals surface area (Å²) in [5.41, 5.74) is 6.32. The molecule has 0 aliphatic heterocycles. The fourth-order valence-electron chi connectivity index (χ4n) is 1.48. The van der Waals surface area contributed by atoms with Gasteiger partial charge >= 0.3 is 0 Å². The number of carbonyl (C=O) groups is 1. The standard InChI is InChI=1S/C11H20N4OS/c1-5-15(7-11(3,4)6-12)10(16)9-8(2)13-14-17-9/h5-7,12H2,1-4H3. The molecule has 0 aliphatic rings. The predicted molar refractivity (Wildman–Crippen MR) is 69.1 cm³/mol. The second-order valence-electron chi connectivity index (χ2n) is 4.88. The van der Waals surface area contributed by atoms with Gasteiger partial charge in [0.1, 0.15) is 4.88 Å². The van der Waals surface area contributed by atoms with Gasteiger partial charge in [-0.25, -0.2) is 0 Å². The number of hydrogen-bond donors (Lipinski definition) is 1. The van der Waals surface area contributed by atoms with Crippen molar-refractivity contribution in [2.24, 2.45) is 11.1 Å². The maximum absolute atomic E-state index is 12.3. The van der Waals surface area contributed by atoms with Gasteiger partial charge in [-0.3, -0.25) is 4.79 Å². The van der Waals surface area contributed by atoms with Crippen molar-refractivity contribution in [1.82, 2.24) is 14.5 Å². The first-order valence-electron chi connectivity index (χ1n) is 5.69. The summed E-state index contributed by atoms with van der Waals surface area (Å²) in [6.07, 6.45) is 0. The van der Waals surface area contributed by atoms with E-state index in [0.717, 1.165) is 11.5 Å². The highest BCUT2D eigenvalue weighted by atomic mass is 32.1. The summed E-state index contributed by atoms with van der Waals surface area (Å²) in [5.74, 6) is 0.00141. The molecule has 2 N–H and O–H groups in total. The summed E-state index contributed by atoms with van der Waals surface area (Å²) < 4.78 is 3.80. The highest BCUT2D eigenvalue weighted by Gasteiger charge is 2.25. The molecular weight excluding hydrogens is 236 g/mol. The highest BCUT2D eigenvalue weighted by molar-refractivity contribution is 7.07. The van der Waals surface area contributed by atoms with Crippen LogP contribution in [0.5, 0.6) is 0 Å². The predicted octanol–water partition coefficient (Wildman–Crippen LogP) is 1.29. The molecule has 1 heterocycles. The summed E-state index contributed by atoms with van der Waals surface area (Å²) in [4.78, 5) is 14.7. The van der Waals surface area contributed by atoms with Gasteiger partial charge in [0.25, 0.3) is 5.91 Å². The van der Waals surface area contributed by atoms with E-state index in [-0.39, 0.29) is 11.3 Å². The number of aromatic nitrogens is 2. The van der Waals surface area contributed by atoms with E-state index < -0.39 is 0 Å². The first-order chi connectivity index (χ1) is 7.91. The third-order valence-electron chi connectivity index (χ3n) is 2.69. The number of rotatable bonds is 5. The summed E-state index contributed by atoms with van der Waals surface area (Å²) in [5, 5.41) is 3.87. The van der Waals surface area contributed by atoms with E-state index in [1.54, 1.807) is 11.8 Å². The molecule has 96 valence electrons. The molecule has 1 aromatic heterocycles. The average molecular weight is 256 g/mol. The molecule has 0 radical (unpaired) electrons. The van der Waals surface area contributed by atoms with Crippen molar-refractivity contribution in [1.29, 1.82) is 0 Å². The molecule has 0 atom stereocenters. The molecule has 0 aromatic carbocycles. The molecular formula is C11H20N4OS. The van der Waals surface area contributed by atoms with Crippen LogP contribution in [0.4, 0.5) is 0 Å². The molecule has 6 heteroatoms. The van der Waals surface area contributed by atoms with Crippen LogP contribution in [0.1, 0.15) is 36.1 Å². The third-order valence-corrected chi connectivity index (χ3v) is 3.50. The van der Waals surface area contributed by atoms with Crippen LogP contribution in [0, 0.1) is 12.3 Å². The van der Waals surface area contributed by atoms with Crippen molar-refractivity contribution < 1.29 is 4.79 Å². The maximum atomic E-state index is 12.3. The number of aryl methyl sites for hydroxylation is 1. The Morgan fingerprint density at radius 3 is 2.59 bits per heavy atom. The molecule has 0 unspecified atom stereocenters. The molecule has 0 saturated heterocycles. The second-order valence-corrected chi connectivity index (χ2v) is 5.63. The van der Waals surface area contributed by atoms with Crippen molar-refractivity contribution >= 4 is 17.4 Å². The van der Waals surface area contributed by atoms with Crippen molar-refractivity contribution in [3.05, 3.63) is 10.6 Å². The first kappa shape index (κ1) is 14.1. The summed E-state index contributed by atoms with van der Waals surface area (Å²) >= 11 is 1.15. The zero-order valence-electron chi connectivity index (χ0n) is 10.9.